The maximum Gasteiger partial charge on any atom is 0.141 e. The second-order valence-corrected chi connectivity index (χ2v) is 3.42. The predicted octanol–water partition coefficient (Wildman–Crippen LogP) is 2.28. The van der Waals surface area contributed by atoms with Crippen LogP contribution in [0.4, 0.5) is 4.39 Å². The molecular weight excluding hydrogens is 191 g/mol. The largest absolute Gasteiger partial charge is 0.310 e. The van der Waals surface area contributed by atoms with Gasteiger partial charge in [0, 0.05) is 18.7 Å². The molecule has 0 aliphatic carbocycles. The van der Waals surface area contributed by atoms with E-state index in [4.69, 9.17) is 6.42 Å². The summed E-state index contributed by atoms with van der Waals surface area (Å²) in [6.07, 6.45) is 9.71. The zero-order chi connectivity index (χ0) is 11.1. The molecule has 0 aromatic carbocycles. The van der Waals surface area contributed by atoms with Crippen molar-refractivity contribution in [2.75, 3.05) is 6.54 Å². The summed E-state index contributed by atoms with van der Waals surface area (Å²) >= 11 is 0. The molecule has 1 unspecified atom stereocenters. The first-order valence-corrected chi connectivity index (χ1v) is 5.01. The molecule has 0 amide bonds. The summed E-state index contributed by atoms with van der Waals surface area (Å²) in [5.41, 5.74) is 0.857. The van der Waals surface area contributed by atoms with Crippen molar-refractivity contribution in [3.05, 3.63) is 29.8 Å². The molecule has 0 radical (unpaired) electrons. The third-order valence-electron chi connectivity index (χ3n) is 2.17. The van der Waals surface area contributed by atoms with E-state index in [0.717, 1.165) is 24.9 Å². The average Bonchev–Trinajstić information content (AvgIpc) is 2.24. The lowest BCUT2D eigenvalue weighted by Crippen LogP contribution is -2.20. The molecule has 0 saturated heterocycles. The number of pyridine rings is 1. The lowest BCUT2D eigenvalue weighted by Gasteiger charge is -2.13. The molecule has 0 fully saturated rings. The average molecular weight is 206 g/mol. The molecule has 1 heterocycles. The molecule has 1 atom stereocenters. The van der Waals surface area contributed by atoms with Crippen LogP contribution < -0.4 is 5.32 Å². The number of nitrogens with one attached hydrogen (secondary N) is 1. The van der Waals surface area contributed by atoms with Gasteiger partial charge in [-0.25, -0.2) is 4.39 Å². The molecule has 1 N–H and O–H groups in total. The van der Waals surface area contributed by atoms with Crippen molar-refractivity contribution in [2.24, 2.45) is 0 Å². The SMILES string of the molecule is C#CCCCNC(C)c1cncc(F)c1. The molecule has 0 saturated carbocycles. The van der Waals surface area contributed by atoms with Gasteiger partial charge in [-0.3, -0.25) is 4.98 Å². The van der Waals surface area contributed by atoms with Crippen molar-refractivity contribution in [2.45, 2.75) is 25.8 Å². The van der Waals surface area contributed by atoms with Crippen molar-refractivity contribution in [1.29, 1.82) is 0 Å². The summed E-state index contributed by atoms with van der Waals surface area (Å²) in [6, 6.07) is 1.59. The summed E-state index contributed by atoms with van der Waals surface area (Å²) in [5, 5.41) is 3.26. The van der Waals surface area contributed by atoms with Crippen molar-refractivity contribution >= 4 is 0 Å². The lowest BCUT2D eigenvalue weighted by atomic mass is 10.1. The van der Waals surface area contributed by atoms with Gasteiger partial charge in [0.2, 0.25) is 0 Å². The highest BCUT2D eigenvalue weighted by Crippen LogP contribution is 2.11. The van der Waals surface area contributed by atoms with Crippen molar-refractivity contribution in [3.63, 3.8) is 0 Å². The predicted molar refractivity (Wildman–Crippen MR) is 58.7 cm³/mol. The lowest BCUT2D eigenvalue weighted by molar-refractivity contribution is 0.552. The van der Waals surface area contributed by atoms with Crippen LogP contribution in [-0.4, -0.2) is 11.5 Å². The van der Waals surface area contributed by atoms with Crippen LogP contribution >= 0.6 is 0 Å². The highest BCUT2D eigenvalue weighted by molar-refractivity contribution is 5.14. The van der Waals surface area contributed by atoms with Crippen molar-refractivity contribution in [1.82, 2.24) is 10.3 Å². The van der Waals surface area contributed by atoms with Gasteiger partial charge in [-0.05, 0) is 31.5 Å². The van der Waals surface area contributed by atoms with Crippen LogP contribution in [0.15, 0.2) is 18.5 Å². The number of terminal acetylenes is 1. The van der Waals surface area contributed by atoms with Gasteiger partial charge in [0.25, 0.3) is 0 Å². The van der Waals surface area contributed by atoms with Gasteiger partial charge < -0.3 is 5.32 Å². The Morgan fingerprint density at radius 3 is 3.07 bits per heavy atom. The van der Waals surface area contributed by atoms with E-state index in [2.05, 4.69) is 16.2 Å². The van der Waals surface area contributed by atoms with Gasteiger partial charge in [0.15, 0.2) is 0 Å². The van der Waals surface area contributed by atoms with E-state index in [1.165, 1.54) is 12.3 Å². The summed E-state index contributed by atoms with van der Waals surface area (Å²) < 4.78 is 12.9. The maximum absolute atomic E-state index is 12.9. The first kappa shape index (κ1) is 11.7. The van der Waals surface area contributed by atoms with Gasteiger partial charge in [-0.2, -0.15) is 0 Å². The Morgan fingerprint density at radius 1 is 1.60 bits per heavy atom. The van der Waals surface area contributed by atoms with E-state index in [9.17, 15) is 4.39 Å². The first-order chi connectivity index (χ1) is 7.24. The number of unbranched alkanes of at least 4 members (excludes halogenated alkanes) is 1. The Balaban J connectivity index is 2.40. The maximum atomic E-state index is 12.9. The summed E-state index contributed by atoms with van der Waals surface area (Å²) in [6.45, 7) is 2.81. The standard InChI is InChI=1S/C12H15FN2/c1-3-4-5-6-15-10(2)11-7-12(13)9-14-8-11/h1,7-10,15H,4-6H2,2H3. The van der Waals surface area contributed by atoms with Crippen LogP contribution in [0.3, 0.4) is 0 Å². The molecule has 0 aliphatic rings. The zero-order valence-electron chi connectivity index (χ0n) is 8.83. The second kappa shape index (κ2) is 6.15. The quantitative estimate of drug-likeness (QED) is 0.590. The van der Waals surface area contributed by atoms with Gasteiger partial charge >= 0.3 is 0 Å². The molecule has 2 nitrogen and oxygen atoms in total. The fourth-order valence-corrected chi connectivity index (χ4v) is 1.29. The van der Waals surface area contributed by atoms with Gasteiger partial charge in [-0.1, -0.05) is 0 Å². The normalized spacial score (nSPS) is 12.1. The molecule has 1 aromatic heterocycles. The molecule has 0 aliphatic heterocycles. The highest BCUT2D eigenvalue weighted by atomic mass is 19.1. The first-order valence-electron chi connectivity index (χ1n) is 5.01. The summed E-state index contributed by atoms with van der Waals surface area (Å²) in [7, 11) is 0. The van der Waals surface area contributed by atoms with E-state index >= 15 is 0 Å². The van der Waals surface area contributed by atoms with Crippen LogP contribution in [0.25, 0.3) is 0 Å². The molecule has 0 spiro atoms. The Labute approximate surface area is 89.9 Å². The van der Waals surface area contributed by atoms with Crippen LogP contribution in [0, 0.1) is 18.2 Å². The summed E-state index contributed by atoms with van der Waals surface area (Å²) in [4.78, 5) is 3.80. The molecule has 80 valence electrons. The zero-order valence-corrected chi connectivity index (χ0v) is 8.83. The molecule has 15 heavy (non-hydrogen) atoms. The van der Waals surface area contributed by atoms with E-state index in [1.54, 1.807) is 6.20 Å². The fourth-order valence-electron chi connectivity index (χ4n) is 1.29. The topological polar surface area (TPSA) is 24.9 Å². The van der Waals surface area contributed by atoms with Gasteiger partial charge in [-0.15, -0.1) is 12.3 Å². The highest BCUT2D eigenvalue weighted by Gasteiger charge is 2.05. The van der Waals surface area contributed by atoms with Crippen molar-refractivity contribution in [3.8, 4) is 12.3 Å². The minimum atomic E-state index is -0.301. The Bertz CT molecular complexity index is 344. The van der Waals surface area contributed by atoms with E-state index in [-0.39, 0.29) is 11.9 Å². The number of halogens is 1. The van der Waals surface area contributed by atoms with Crippen LogP contribution in [-0.2, 0) is 0 Å². The monoisotopic (exact) mass is 206 g/mol. The van der Waals surface area contributed by atoms with Crippen molar-refractivity contribution < 1.29 is 4.39 Å². The van der Waals surface area contributed by atoms with Gasteiger partial charge in [0.1, 0.15) is 5.82 Å². The number of rotatable bonds is 5. The number of aromatic nitrogens is 1. The van der Waals surface area contributed by atoms with Crippen LogP contribution in [0.2, 0.25) is 0 Å². The van der Waals surface area contributed by atoms with Gasteiger partial charge in [0.05, 0.1) is 6.20 Å². The van der Waals surface area contributed by atoms with E-state index in [1.807, 2.05) is 6.92 Å². The smallest absolute Gasteiger partial charge is 0.141 e. The number of hydrogen-bond acceptors (Lipinski definition) is 2. The fraction of sp³-hybridized carbons (Fsp3) is 0.417. The Hall–Kier alpha value is -1.40. The minimum Gasteiger partial charge on any atom is -0.310 e. The Morgan fingerprint density at radius 2 is 2.40 bits per heavy atom. The molecule has 1 rings (SSSR count). The van der Waals surface area contributed by atoms with Crippen LogP contribution in [0.1, 0.15) is 31.4 Å². The third-order valence-corrected chi connectivity index (χ3v) is 2.17. The van der Waals surface area contributed by atoms with E-state index in [0.29, 0.717) is 0 Å². The van der Waals surface area contributed by atoms with E-state index < -0.39 is 0 Å². The molecule has 0 bridgehead atoms. The third kappa shape index (κ3) is 4.09. The second-order valence-electron chi connectivity index (χ2n) is 3.42. The minimum absolute atomic E-state index is 0.103. The number of hydrogen-bond donors (Lipinski definition) is 1. The number of nitrogens with zero attached hydrogens (tertiary/aromatic N) is 1. The Kier molecular flexibility index (Phi) is 4.79. The van der Waals surface area contributed by atoms with Crippen LogP contribution in [0.5, 0.6) is 0 Å². The summed E-state index contributed by atoms with van der Waals surface area (Å²) in [5.74, 6) is 2.28. The molecule has 3 heteroatoms. The molecular formula is C12H15FN2. The molecule has 1 aromatic rings.